The number of carbonyl (C=O) groups excluding carboxylic acids is 1. The summed E-state index contributed by atoms with van der Waals surface area (Å²) in [7, 11) is 0. The van der Waals surface area contributed by atoms with Gasteiger partial charge in [-0.1, -0.05) is 30.3 Å². The molecular weight excluding hydrogens is 250 g/mol. The highest BCUT2D eigenvalue weighted by molar-refractivity contribution is 7.99. The second-order valence-electron chi connectivity index (χ2n) is 4.27. The lowest BCUT2D eigenvalue weighted by Crippen LogP contribution is -2.40. The fraction of sp³-hybridized carbons (Fsp3) is 0.462. The van der Waals surface area contributed by atoms with Crippen molar-refractivity contribution in [3.8, 4) is 0 Å². The van der Waals surface area contributed by atoms with E-state index in [0.717, 1.165) is 23.5 Å². The van der Waals surface area contributed by atoms with E-state index in [1.807, 2.05) is 42.1 Å². The first-order valence-electron chi connectivity index (χ1n) is 5.86. The minimum Gasteiger partial charge on any atom is -0.352 e. The zero-order valence-electron chi connectivity index (χ0n) is 9.63. The summed E-state index contributed by atoms with van der Waals surface area (Å²) in [6, 6.07) is 10.4. The Hall–Kier alpha value is -0.610. The molecule has 0 saturated carbocycles. The summed E-state index contributed by atoms with van der Waals surface area (Å²) in [6.45, 7) is 0. The predicted molar refractivity (Wildman–Crippen MR) is 76.8 cm³/mol. The van der Waals surface area contributed by atoms with Crippen LogP contribution in [0.4, 0.5) is 0 Å². The van der Waals surface area contributed by atoms with Crippen LogP contribution in [-0.4, -0.2) is 28.7 Å². The molecular formula is C13H17NOS2. The maximum atomic E-state index is 11.9. The van der Waals surface area contributed by atoms with Crippen molar-refractivity contribution in [2.24, 2.45) is 0 Å². The van der Waals surface area contributed by atoms with Gasteiger partial charge in [0, 0.05) is 11.8 Å². The Morgan fingerprint density at radius 1 is 1.47 bits per heavy atom. The summed E-state index contributed by atoms with van der Waals surface area (Å²) in [5.41, 5.74) is 1.16. The molecule has 2 unspecified atom stereocenters. The summed E-state index contributed by atoms with van der Waals surface area (Å²) < 4.78 is 0. The highest BCUT2D eigenvalue weighted by atomic mass is 32.2. The summed E-state index contributed by atoms with van der Waals surface area (Å²) in [5, 5.41) is 2.82. The molecule has 1 aromatic carbocycles. The predicted octanol–water partition coefficient (Wildman–Crippen LogP) is 2.15. The van der Waals surface area contributed by atoms with E-state index in [1.165, 1.54) is 0 Å². The third-order valence-corrected chi connectivity index (χ3v) is 4.43. The first-order valence-corrected chi connectivity index (χ1v) is 7.53. The number of hydrogen-bond acceptors (Lipinski definition) is 3. The van der Waals surface area contributed by atoms with E-state index >= 15 is 0 Å². The Bertz CT molecular complexity index is 363. The van der Waals surface area contributed by atoms with Crippen LogP contribution in [0.25, 0.3) is 0 Å². The van der Waals surface area contributed by atoms with Gasteiger partial charge in [-0.05, 0) is 24.2 Å². The van der Waals surface area contributed by atoms with Crippen LogP contribution in [-0.2, 0) is 11.2 Å². The van der Waals surface area contributed by atoms with E-state index in [0.29, 0.717) is 12.5 Å². The molecule has 2 rings (SSSR count). The molecule has 1 aliphatic heterocycles. The number of thiol groups is 1. The van der Waals surface area contributed by atoms with Gasteiger partial charge in [0.25, 0.3) is 0 Å². The van der Waals surface area contributed by atoms with Gasteiger partial charge in [0.2, 0.25) is 5.91 Å². The number of hydrogen-bond donors (Lipinski definition) is 2. The number of rotatable bonds is 4. The largest absolute Gasteiger partial charge is 0.352 e. The molecule has 1 aromatic rings. The molecule has 4 heteroatoms. The fourth-order valence-corrected chi connectivity index (χ4v) is 3.31. The van der Waals surface area contributed by atoms with Crippen LogP contribution in [0.5, 0.6) is 0 Å². The number of benzene rings is 1. The molecule has 1 fully saturated rings. The molecule has 1 aliphatic rings. The molecule has 2 atom stereocenters. The van der Waals surface area contributed by atoms with E-state index in [4.69, 9.17) is 0 Å². The summed E-state index contributed by atoms with van der Waals surface area (Å²) in [4.78, 5) is 11.9. The zero-order valence-corrected chi connectivity index (χ0v) is 11.3. The minimum atomic E-state index is -0.247. The molecule has 0 aliphatic carbocycles. The third-order valence-electron chi connectivity index (χ3n) is 2.85. The van der Waals surface area contributed by atoms with E-state index in [1.54, 1.807) is 0 Å². The van der Waals surface area contributed by atoms with E-state index in [-0.39, 0.29) is 11.2 Å². The number of amides is 1. The van der Waals surface area contributed by atoms with Crippen LogP contribution in [0.2, 0.25) is 0 Å². The molecule has 0 bridgehead atoms. The van der Waals surface area contributed by atoms with Gasteiger partial charge in [0.1, 0.15) is 0 Å². The Kier molecular flexibility index (Phi) is 4.80. The van der Waals surface area contributed by atoms with E-state index in [9.17, 15) is 4.79 Å². The maximum absolute atomic E-state index is 11.9. The zero-order chi connectivity index (χ0) is 12.1. The van der Waals surface area contributed by atoms with Crippen LogP contribution in [0.15, 0.2) is 30.3 Å². The molecule has 92 valence electrons. The Balaban J connectivity index is 1.82. The van der Waals surface area contributed by atoms with Crippen molar-refractivity contribution in [1.29, 1.82) is 0 Å². The molecule has 1 saturated heterocycles. The summed E-state index contributed by atoms with van der Waals surface area (Å²) >= 11 is 6.29. The molecule has 0 aromatic heterocycles. The normalized spacial score (nSPS) is 21.1. The molecule has 1 N–H and O–H groups in total. The van der Waals surface area contributed by atoms with Crippen LogP contribution >= 0.6 is 24.4 Å². The quantitative estimate of drug-likeness (QED) is 0.819. The molecule has 17 heavy (non-hydrogen) atoms. The Morgan fingerprint density at radius 3 is 2.88 bits per heavy atom. The lowest BCUT2D eigenvalue weighted by atomic mass is 10.1. The number of carbonyl (C=O) groups is 1. The van der Waals surface area contributed by atoms with Gasteiger partial charge in [-0.3, -0.25) is 4.79 Å². The van der Waals surface area contributed by atoms with Gasteiger partial charge in [-0.25, -0.2) is 0 Å². The van der Waals surface area contributed by atoms with Crippen molar-refractivity contribution in [3.63, 3.8) is 0 Å². The second kappa shape index (κ2) is 6.36. The van der Waals surface area contributed by atoms with Crippen LogP contribution in [0, 0.1) is 0 Å². The van der Waals surface area contributed by atoms with Gasteiger partial charge in [0.05, 0.1) is 5.25 Å². The average molecular weight is 267 g/mol. The van der Waals surface area contributed by atoms with E-state index < -0.39 is 0 Å². The molecule has 1 amide bonds. The topological polar surface area (TPSA) is 29.1 Å². The summed E-state index contributed by atoms with van der Waals surface area (Å²) in [6.07, 6.45) is 1.78. The van der Waals surface area contributed by atoms with Crippen LogP contribution in [0.3, 0.4) is 0 Å². The van der Waals surface area contributed by atoms with Gasteiger partial charge in [-0.15, -0.1) is 0 Å². The van der Waals surface area contributed by atoms with Gasteiger partial charge in [-0.2, -0.15) is 24.4 Å². The standard InChI is InChI=1S/C13H17NOS2/c15-13(14-11-6-7-17-9-11)12(16)8-10-4-2-1-3-5-10/h1-5,11-12,16H,6-9H2,(H,14,15). The van der Waals surface area contributed by atoms with Crippen LogP contribution in [0.1, 0.15) is 12.0 Å². The molecule has 0 radical (unpaired) electrons. The van der Waals surface area contributed by atoms with Crippen molar-refractivity contribution in [2.45, 2.75) is 24.1 Å². The van der Waals surface area contributed by atoms with Crippen molar-refractivity contribution in [2.75, 3.05) is 11.5 Å². The Labute approximate surface area is 112 Å². The first-order chi connectivity index (χ1) is 8.25. The smallest absolute Gasteiger partial charge is 0.233 e. The lowest BCUT2D eigenvalue weighted by Gasteiger charge is -2.15. The lowest BCUT2D eigenvalue weighted by molar-refractivity contribution is -0.121. The summed E-state index contributed by atoms with van der Waals surface area (Å²) in [5.74, 6) is 2.25. The van der Waals surface area contributed by atoms with Gasteiger partial charge in [0.15, 0.2) is 0 Å². The number of thioether (sulfide) groups is 1. The van der Waals surface area contributed by atoms with Gasteiger partial charge >= 0.3 is 0 Å². The third kappa shape index (κ3) is 3.96. The van der Waals surface area contributed by atoms with Crippen molar-refractivity contribution in [3.05, 3.63) is 35.9 Å². The molecule has 2 nitrogen and oxygen atoms in total. The number of nitrogens with one attached hydrogen (secondary N) is 1. The van der Waals surface area contributed by atoms with Gasteiger partial charge < -0.3 is 5.32 Å². The van der Waals surface area contributed by atoms with Crippen molar-refractivity contribution >= 4 is 30.3 Å². The highest BCUT2D eigenvalue weighted by Crippen LogP contribution is 2.17. The minimum absolute atomic E-state index is 0.0599. The van der Waals surface area contributed by atoms with Crippen LogP contribution < -0.4 is 5.32 Å². The second-order valence-corrected chi connectivity index (χ2v) is 6.05. The average Bonchev–Trinajstić information content (AvgIpc) is 2.83. The highest BCUT2D eigenvalue weighted by Gasteiger charge is 2.21. The fourth-order valence-electron chi connectivity index (χ4n) is 1.88. The Morgan fingerprint density at radius 2 is 2.24 bits per heavy atom. The monoisotopic (exact) mass is 267 g/mol. The SMILES string of the molecule is O=C(NC1CCSC1)C(S)Cc1ccccc1. The molecule has 0 spiro atoms. The van der Waals surface area contributed by atoms with Crippen molar-refractivity contribution in [1.82, 2.24) is 5.32 Å². The van der Waals surface area contributed by atoms with E-state index in [2.05, 4.69) is 17.9 Å². The maximum Gasteiger partial charge on any atom is 0.233 e. The molecule has 1 heterocycles. The first kappa shape index (κ1) is 12.8. The van der Waals surface area contributed by atoms with Crippen molar-refractivity contribution < 1.29 is 4.79 Å².